The Balaban J connectivity index is 1.95. The third-order valence-electron chi connectivity index (χ3n) is 5.17. The van der Waals surface area contributed by atoms with Crippen LogP contribution in [0.4, 0.5) is 0 Å². The number of phenolic OH excluding ortho intramolecular Hbond substituents is 1. The number of benzene rings is 1. The number of hydrogen-bond acceptors (Lipinski definition) is 5. The average molecular weight is 390 g/mol. The minimum absolute atomic E-state index is 0.0874. The molecule has 0 saturated carbocycles. The lowest BCUT2D eigenvalue weighted by Crippen LogP contribution is -2.39. The second-order valence-electron chi connectivity index (χ2n) is 7.12. The Bertz CT molecular complexity index is 775. The number of methoxy groups -OCH3 is 2. The molecule has 1 N–H and O–H groups in total. The van der Waals surface area contributed by atoms with Crippen molar-refractivity contribution < 1.29 is 19.4 Å². The van der Waals surface area contributed by atoms with Gasteiger partial charge in [-0.15, -0.1) is 11.3 Å². The molecule has 0 spiro atoms. The van der Waals surface area contributed by atoms with Gasteiger partial charge in [0, 0.05) is 48.0 Å². The van der Waals surface area contributed by atoms with E-state index in [1.165, 1.54) is 6.42 Å². The largest absolute Gasteiger partial charge is 0.507 e. The van der Waals surface area contributed by atoms with Crippen molar-refractivity contribution in [2.75, 3.05) is 27.3 Å². The molecule has 27 heavy (non-hydrogen) atoms. The fourth-order valence-electron chi connectivity index (χ4n) is 3.78. The number of thiophene rings is 1. The zero-order valence-electron chi connectivity index (χ0n) is 16.1. The number of rotatable bonds is 6. The molecule has 1 fully saturated rings. The van der Waals surface area contributed by atoms with E-state index in [1.807, 2.05) is 22.4 Å². The molecule has 2 unspecified atom stereocenters. The first-order chi connectivity index (χ1) is 13.0. The van der Waals surface area contributed by atoms with E-state index < -0.39 is 0 Å². The van der Waals surface area contributed by atoms with Crippen molar-refractivity contribution >= 4 is 17.2 Å². The number of hydrogen-bond donors (Lipinski definition) is 1. The van der Waals surface area contributed by atoms with Crippen LogP contribution in [0.5, 0.6) is 17.2 Å². The van der Waals surface area contributed by atoms with Gasteiger partial charge >= 0.3 is 0 Å². The molecule has 3 rings (SSSR count). The molecular formula is C21H27NO4S. The number of nitrogens with zero attached hydrogens (tertiary/aromatic N) is 1. The van der Waals surface area contributed by atoms with Crippen molar-refractivity contribution in [3.05, 3.63) is 40.1 Å². The number of amides is 1. The molecule has 1 aliphatic heterocycles. The van der Waals surface area contributed by atoms with Gasteiger partial charge in [-0.25, -0.2) is 0 Å². The summed E-state index contributed by atoms with van der Waals surface area (Å²) in [4.78, 5) is 16.0. The molecule has 146 valence electrons. The van der Waals surface area contributed by atoms with E-state index in [4.69, 9.17) is 9.47 Å². The summed E-state index contributed by atoms with van der Waals surface area (Å²) in [5.41, 5.74) is 0.638. The quantitative estimate of drug-likeness (QED) is 0.802. The van der Waals surface area contributed by atoms with Crippen LogP contribution in [0, 0.1) is 5.92 Å². The SMILES string of the molecule is COc1cc(O)c(C(CC(=O)N2CCCC(C)C2)c2cccs2)c(OC)c1. The Labute approximate surface area is 164 Å². The third kappa shape index (κ3) is 4.38. The Morgan fingerprint density at radius 3 is 2.81 bits per heavy atom. The second-order valence-corrected chi connectivity index (χ2v) is 8.10. The van der Waals surface area contributed by atoms with E-state index >= 15 is 0 Å². The molecule has 0 bridgehead atoms. The van der Waals surface area contributed by atoms with Gasteiger partial charge < -0.3 is 19.5 Å². The number of carbonyl (C=O) groups excluding carboxylic acids is 1. The summed E-state index contributed by atoms with van der Waals surface area (Å²) < 4.78 is 10.8. The van der Waals surface area contributed by atoms with Crippen molar-refractivity contribution in [3.63, 3.8) is 0 Å². The minimum Gasteiger partial charge on any atom is -0.507 e. The first kappa shape index (κ1) is 19.5. The lowest BCUT2D eigenvalue weighted by atomic mass is 9.90. The molecule has 1 saturated heterocycles. The summed E-state index contributed by atoms with van der Waals surface area (Å²) in [6, 6.07) is 7.30. The van der Waals surface area contributed by atoms with Gasteiger partial charge in [0.05, 0.1) is 14.2 Å². The van der Waals surface area contributed by atoms with Crippen LogP contribution in [0.3, 0.4) is 0 Å². The molecular weight excluding hydrogens is 362 g/mol. The lowest BCUT2D eigenvalue weighted by molar-refractivity contribution is -0.133. The van der Waals surface area contributed by atoms with Crippen LogP contribution in [0.1, 0.15) is 42.5 Å². The van der Waals surface area contributed by atoms with Crippen molar-refractivity contribution in [2.45, 2.75) is 32.1 Å². The Morgan fingerprint density at radius 2 is 2.19 bits per heavy atom. The molecule has 5 nitrogen and oxygen atoms in total. The van der Waals surface area contributed by atoms with Gasteiger partial charge in [0.2, 0.25) is 5.91 Å². The van der Waals surface area contributed by atoms with E-state index in [2.05, 4.69) is 6.92 Å². The third-order valence-corrected chi connectivity index (χ3v) is 6.16. The number of carbonyl (C=O) groups is 1. The summed E-state index contributed by atoms with van der Waals surface area (Å²) in [6.07, 6.45) is 2.53. The van der Waals surface area contributed by atoms with E-state index in [1.54, 1.807) is 37.7 Å². The Kier molecular flexibility index (Phi) is 6.26. The maximum atomic E-state index is 13.0. The molecule has 2 aromatic rings. The average Bonchev–Trinajstić information content (AvgIpc) is 3.20. The number of piperidine rings is 1. The van der Waals surface area contributed by atoms with Crippen LogP contribution < -0.4 is 9.47 Å². The van der Waals surface area contributed by atoms with Gasteiger partial charge in [0.15, 0.2) is 0 Å². The first-order valence-electron chi connectivity index (χ1n) is 9.29. The second kappa shape index (κ2) is 8.65. The Hall–Kier alpha value is -2.21. The van der Waals surface area contributed by atoms with E-state index in [-0.39, 0.29) is 17.6 Å². The lowest BCUT2D eigenvalue weighted by Gasteiger charge is -2.32. The summed E-state index contributed by atoms with van der Waals surface area (Å²) in [5.74, 6) is 1.54. The van der Waals surface area contributed by atoms with Crippen LogP contribution >= 0.6 is 11.3 Å². The minimum atomic E-state index is -0.254. The van der Waals surface area contributed by atoms with E-state index in [0.29, 0.717) is 29.4 Å². The van der Waals surface area contributed by atoms with Crippen LogP contribution in [-0.4, -0.2) is 43.2 Å². The molecule has 1 aromatic carbocycles. The van der Waals surface area contributed by atoms with Crippen molar-refractivity contribution in [2.24, 2.45) is 5.92 Å². The summed E-state index contributed by atoms with van der Waals surface area (Å²) in [7, 11) is 3.11. The van der Waals surface area contributed by atoms with Gasteiger partial charge in [-0.05, 0) is 30.2 Å². The number of aromatic hydroxyl groups is 1. The Morgan fingerprint density at radius 1 is 1.37 bits per heavy atom. The van der Waals surface area contributed by atoms with E-state index in [0.717, 1.165) is 24.4 Å². The van der Waals surface area contributed by atoms with Crippen LogP contribution in [0.25, 0.3) is 0 Å². The summed E-state index contributed by atoms with van der Waals surface area (Å²) in [6.45, 7) is 3.81. The zero-order chi connectivity index (χ0) is 19.4. The number of ether oxygens (including phenoxy) is 2. The maximum absolute atomic E-state index is 13.0. The molecule has 2 heterocycles. The van der Waals surface area contributed by atoms with Gasteiger partial charge in [-0.3, -0.25) is 4.79 Å². The van der Waals surface area contributed by atoms with Crippen molar-refractivity contribution in [1.82, 2.24) is 4.90 Å². The standard InChI is InChI=1S/C21H27NO4S/c1-14-6-4-8-22(13-14)20(24)12-16(19-7-5-9-27-19)21-17(23)10-15(25-2)11-18(21)26-3/h5,7,9-11,14,16,23H,4,6,8,12-13H2,1-3H3. The zero-order valence-corrected chi connectivity index (χ0v) is 16.9. The number of phenols is 1. The van der Waals surface area contributed by atoms with Gasteiger partial charge in [0.25, 0.3) is 0 Å². The molecule has 1 aliphatic rings. The molecule has 2 atom stereocenters. The van der Waals surface area contributed by atoms with Crippen LogP contribution in [0.15, 0.2) is 29.6 Å². The fourth-order valence-corrected chi connectivity index (χ4v) is 4.62. The highest BCUT2D eigenvalue weighted by Gasteiger charge is 2.29. The number of likely N-dealkylation sites (tertiary alicyclic amines) is 1. The fraction of sp³-hybridized carbons (Fsp3) is 0.476. The molecule has 0 radical (unpaired) electrons. The normalized spacial score (nSPS) is 18.2. The van der Waals surface area contributed by atoms with Gasteiger partial charge in [-0.2, -0.15) is 0 Å². The summed E-state index contributed by atoms with van der Waals surface area (Å²) in [5, 5.41) is 12.7. The van der Waals surface area contributed by atoms with Crippen LogP contribution in [0.2, 0.25) is 0 Å². The van der Waals surface area contributed by atoms with Crippen LogP contribution in [-0.2, 0) is 4.79 Å². The van der Waals surface area contributed by atoms with E-state index in [9.17, 15) is 9.90 Å². The topological polar surface area (TPSA) is 59.0 Å². The predicted molar refractivity (Wildman–Crippen MR) is 107 cm³/mol. The smallest absolute Gasteiger partial charge is 0.223 e. The van der Waals surface area contributed by atoms with Gasteiger partial charge in [-0.1, -0.05) is 13.0 Å². The highest BCUT2D eigenvalue weighted by atomic mass is 32.1. The first-order valence-corrected chi connectivity index (χ1v) is 10.2. The van der Waals surface area contributed by atoms with Gasteiger partial charge in [0.1, 0.15) is 17.2 Å². The molecule has 6 heteroatoms. The maximum Gasteiger partial charge on any atom is 0.223 e. The highest BCUT2D eigenvalue weighted by molar-refractivity contribution is 7.10. The molecule has 1 amide bonds. The highest BCUT2D eigenvalue weighted by Crippen LogP contribution is 2.44. The van der Waals surface area contributed by atoms with Crippen molar-refractivity contribution in [3.8, 4) is 17.2 Å². The summed E-state index contributed by atoms with van der Waals surface area (Å²) >= 11 is 1.58. The molecule has 0 aliphatic carbocycles. The van der Waals surface area contributed by atoms with Crippen molar-refractivity contribution in [1.29, 1.82) is 0 Å². The monoisotopic (exact) mass is 389 g/mol. The molecule has 1 aromatic heterocycles. The predicted octanol–water partition coefficient (Wildman–Crippen LogP) is 4.25.